The van der Waals surface area contributed by atoms with Crippen LogP contribution in [-0.4, -0.2) is 25.2 Å². The second kappa shape index (κ2) is 5.17. The first-order valence-corrected chi connectivity index (χ1v) is 7.14. The van der Waals surface area contributed by atoms with Gasteiger partial charge in [-0.05, 0) is 67.4 Å². The number of benzene rings is 1. The third-order valence-corrected chi connectivity index (χ3v) is 3.98. The van der Waals surface area contributed by atoms with Crippen molar-refractivity contribution < 1.29 is 4.39 Å². The van der Waals surface area contributed by atoms with Gasteiger partial charge in [-0.1, -0.05) is 0 Å². The zero-order chi connectivity index (χ0) is 13.3. The molecule has 0 unspecified atom stereocenters. The lowest BCUT2D eigenvalue weighted by Gasteiger charge is -2.32. The van der Waals surface area contributed by atoms with E-state index < -0.39 is 0 Å². The van der Waals surface area contributed by atoms with Crippen LogP contribution in [0, 0.1) is 12.7 Å². The van der Waals surface area contributed by atoms with Gasteiger partial charge in [0.1, 0.15) is 5.82 Å². The van der Waals surface area contributed by atoms with Gasteiger partial charge in [0, 0.05) is 24.3 Å². The normalized spacial score (nSPS) is 19.7. The molecule has 0 aliphatic carbocycles. The molecule has 18 heavy (non-hydrogen) atoms. The molecule has 0 amide bonds. The fourth-order valence-corrected chi connectivity index (χ4v) is 2.82. The summed E-state index contributed by atoms with van der Waals surface area (Å²) in [6.45, 7) is 9.36. The van der Waals surface area contributed by atoms with Crippen LogP contribution in [0.15, 0.2) is 16.6 Å². The molecule has 1 aliphatic rings. The Morgan fingerprint density at radius 3 is 2.83 bits per heavy atom. The summed E-state index contributed by atoms with van der Waals surface area (Å²) in [4.78, 5) is 2.35. The maximum Gasteiger partial charge on any atom is 0.137 e. The predicted octanol–water partition coefficient (Wildman–Crippen LogP) is 3.47. The van der Waals surface area contributed by atoms with Crippen LogP contribution in [0.4, 0.5) is 10.1 Å². The zero-order valence-electron chi connectivity index (χ0n) is 11.2. The minimum absolute atomic E-state index is 0.0871. The van der Waals surface area contributed by atoms with E-state index in [4.69, 9.17) is 0 Å². The third kappa shape index (κ3) is 3.04. The van der Waals surface area contributed by atoms with Crippen molar-refractivity contribution in [3.8, 4) is 0 Å². The van der Waals surface area contributed by atoms with E-state index in [1.165, 1.54) is 0 Å². The standard InChI is InChI=1S/C14H20BrFN2/c1-10-7-12(16)11(15)8-13(10)18-6-4-5-17-14(2,3)9-18/h7-8,17H,4-6,9H2,1-3H3. The SMILES string of the molecule is Cc1cc(F)c(Br)cc1N1CCCNC(C)(C)C1. The molecule has 0 saturated carbocycles. The van der Waals surface area contributed by atoms with E-state index in [1.54, 1.807) is 6.07 Å². The molecule has 1 heterocycles. The van der Waals surface area contributed by atoms with Gasteiger partial charge in [0.05, 0.1) is 4.47 Å². The number of nitrogens with zero attached hydrogens (tertiary/aromatic N) is 1. The molecule has 1 aliphatic heterocycles. The maximum atomic E-state index is 13.5. The molecule has 0 bridgehead atoms. The molecular weight excluding hydrogens is 295 g/mol. The Morgan fingerprint density at radius 2 is 2.11 bits per heavy atom. The molecule has 1 saturated heterocycles. The minimum atomic E-state index is -0.191. The van der Waals surface area contributed by atoms with Gasteiger partial charge in [-0.25, -0.2) is 4.39 Å². The van der Waals surface area contributed by atoms with Crippen molar-refractivity contribution in [2.45, 2.75) is 32.7 Å². The summed E-state index contributed by atoms with van der Waals surface area (Å²) < 4.78 is 14.0. The summed E-state index contributed by atoms with van der Waals surface area (Å²) in [5.41, 5.74) is 2.21. The molecule has 0 aromatic heterocycles. The molecule has 0 spiro atoms. The molecule has 100 valence electrons. The van der Waals surface area contributed by atoms with Crippen molar-refractivity contribution in [1.82, 2.24) is 5.32 Å². The molecule has 0 radical (unpaired) electrons. The molecule has 4 heteroatoms. The Kier molecular flexibility index (Phi) is 3.97. The largest absolute Gasteiger partial charge is 0.369 e. The molecule has 1 fully saturated rings. The Labute approximate surface area is 117 Å². The van der Waals surface area contributed by atoms with Crippen LogP contribution < -0.4 is 10.2 Å². The first kappa shape index (κ1) is 13.8. The Bertz CT molecular complexity index is 446. The van der Waals surface area contributed by atoms with Crippen LogP contribution in [-0.2, 0) is 0 Å². The summed E-state index contributed by atoms with van der Waals surface area (Å²) in [5, 5.41) is 3.54. The number of rotatable bonds is 1. The van der Waals surface area contributed by atoms with Crippen molar-refractivity contribution in [3.63, 3.8) is 0 Å². The van der Waals surface area contributed by atoms with Crippen LogP contribution in [0.3, 0.4) is 0 Å². The van der Waals surface area contributed by atoms with Crippen molar-refractivity contribution in [2.24, 2.45) is 0 Å². The van der Waals surface area contributed by atoms with Crippen LogP contribution >= 0.6 is 15.9 Å². The zero-order valence-corrected chi connectivity index (χ0v) is 12.8. The van der Waals surface area contributed by atoms with Crippen LogP contribution in [0.25, 0.3) is 0 Å². The first-order valence-electron chi connectivity index (χ1n) is 6.35. The number of nitrogens with one attached hydrogen (secondary N) is 1. The van der Waals surface area contributed by atoms with Gasteiger partial charge in [-0.15, -0.1) is 0 Å². The highest BCUT2D eigenvalue weighted by molar-refractivity contribution is 9.10. The number of anilines is 1. The minimum Gasteiger partial charge on any atom is -0.369 e. The number of halogens is 2. The molecular formula is C14H20BrFN2. The topological polar surface area (TPSA) is 15.3 Å². The smallest absolute Gasteiger partial charge is 0.137 e. The molecule has 1 N–H and O–H groups in total. The Balaban J connectivity index is 2.32. The maximum absolute atomic E-state index is 13.5. The summed E-state index contributed by atoms with van der Waals surface area (Å²) >= 11 is 3.28. The van der Waals surface area contributed by atoms with Crippen LogP contribution in [0.1, 0.15) is 25.8 Å². The molecule has 1 aromatic carbocycles. The van der Waals surface area contributed by atoms with Gasteiger partial charge in [-0.3, -0.25) is 0 Å². The van der Waals surface area contributed by atoms with E-state index in [9.17, 15) is 4.39 Å². The fraction of sp³-hybridized carbons (Fsp3) is 0.571. The molecule has 2 nitrogen and oxygen atoms in total. The average Bonchev–Trinajstić information content (AvgIpc) is 2.44. The highest BCUT2D eigenvalue weighted by Crippen LogP contribution is 2.29. The van der Waals surface area contributed by atoms with Gasteiger partial charge in [0.15, 0.2) is 0 Å². The van der Waals surface area contributed by atoms with Gasteiger partial charge in [-0.2, -0.15) is 0 Å². The highest BCUT2D eigenvalue weighted by atomic mass is 79.9. The lowest BCUT2D eigenvalue weighted by Crippen LogP contribution is -2.46. The monoisotopic (exact) mass is 314 g/mol. The van der Waals surface area contributed by atoms with Gasteiger partial charge in [0.25, 0.3) is 0 Å². The first-order chi connectivity index (χ1) is 8.39. The summed E-state index contributed by atoms with van der Waals surface area (Å²) in [5.74, 6) is -0.191. The van der Waals surface area contributed by atoms with Crippen molar-refractivity contribution in [3.05, 3.63) is 28.0 Å². The molecule has 0 atom stereocenters. The lowest BCUT2D eigenvalue weighted by atomic mass is 10.0. The summed E-state index contributed by atoms with van der Waals surface area (Å²) in [7, 11) is 0. The van der Waals surface area contributed by atoms with E-state index in [1.807, 2.05) is 13.0 Å². The second-order valence-corrected chi connectivity index (χ2v) is 6.49. The van der Waals surface area contributed by atoms with E-state index in [0.717, 1.165) is 37.3 Å². The molecule has 2 rings (SSSR count). The van der Waals surface area contributed by atoms with Gasteiger partial charge >= 0.3 is 0 Å². The van der Waals surface area contributed by atoms with E-state index in [-0.39, 0.29) is 11.4 Å². The van der Waals surface area contributed by atoms with Crippen LogP contribution in [0.2, 0.25) is 0 Å². The quantitative estimate of drug-likeness (QED) is 0.853. The van der Waals surface area contributed by atoms with Crippen molar-refractivity contribution in [1.29, 1.82) is 0 Å². The molecule has 1 aromatic rings. The van der Waals surface area contributed by atoms with E-state index in [0.29, 0.717) is 4.47 Å². The van der Waals surface area contributed by atoms with Gasteiger partial charge < -0.3 is 10.2 Å². The number of aryl methyl sites for hydroxylation is 1. The average molecular weight is 315 g/mol. The van der Waals surface area contributed by atoms with E-state index in [2.05, 4.69) is 40.0 Å². The fourth-order valence-electron chi connectivity index (χ4n) is 2.49. The summed E-state index contributed by atoms with van der Waals surface area (Å²) in [6, 6.07) is 3.50. The highest BCUT2D eigenvalue weighted by Gasteiger charge is 2.25. The Morgan fingerprint density at radius 1 is 1.39 bits per heavy atom. The van der Waals surface area contributed by atoms with E-state index >= 15 is 0 Å². The second-order valence-electron chi connectivity index (χ2n) is 5.64. The van der Waals surface area contributed by atoms with Crippen molar-refractivity contribution in [2.75, 3.05) is 24.5 Å². The number of hydrogen-bond acceptors (Lipinski definition) is 2. The lowest BCUT2D eigenvalue weighted by molar-refractivity contribution is 0.416. The van der Waals surface area contributed by atoms with Gasteiger partial charge in [0.2, 0.25) is 0 Å². The number of hydrogen-bond donors (Lipinski definition) is 1. The Hall–Kier alpha value is -0.610. The third-order valence-electron chi connectivity index (χ3n) is 3.37. The predicted molar refractivity (Wildman–Crippen MR) is 77.7 cm³/mol. The van der Waals surface area contributed by atoms with Crippen LogP contribution in [0.5, 0.6) is 0 Å². The summed E-state index contributed by atoms with van der Waals surface area (Å²) in [6.07, 6.45) is 1.11. The van der Waals surface area contributed by atoms with Crippen molar-refractivity contribution >= 4 is 21.6 Å².